The third-order valence-corrected chi connectivity index (χ3v) is 5.20. The zero-order chi connectivity index (χ0) is 14.9. The number of urea groups is 1. The average molecular weight is 307 g/mol. The van der Waals surface area contributed by atoms with Crippen molar-refractivity contribution in [1.82, 2.24) is 15.1 Å². The van der Waals surface area contributed by atoms with Crippen LogP contribution in [0.4, 0.5) is 4.79 Å². The van der Waals surface area contributed by atoms with Crippen LogP contribution in [-0.2, 0) is 11.3 Å². The molecule has 1 aliphatic heterocycles. The number of nitrogens with zero attached hydrogens (tertiary/aromatic N) is 2. The second-order valence-electron chi connectivity index (χ2n) is 6.04. The molecule has 21 heavy (non-hydrogen) atoms. The van der Waals surface area contributed by atoms with Crippen LogP contribution in [-0.4, -0.2) is 41.0 Å². The number of amides is 3. The van der Waals surface area contributed by atoms with E-state index in [1.165, 1.54) is 9.78 Å². The second kappa shape index (κ2) is 5.77. The fourth-order valence-corrected chi connectivity index (χ4v) is 4.04. The molecule has 3 amide bonds. The number of hydrogen-bond donors (Lipinski definition) is 1. The Morgan fingerprint density at radius 2 is 2.10 bits per heavy atom. The minimum absolute atomic E-state index is 0.0368. The normalized spacial score (nSPS) is 21.3. The zero-order valence-electron chi connectivity index (χ0n) is 12.3. The van der Waals surface area contributed by atoms with Crippen LogP contribution in [0.1, 0.15) is 37.0 Å². The number of nitrogens with one attached hydrogen (secondary N) is 1. The van der Waals surface area contributed by atoms with Crippen LogP contribution in [0.25, 0.3) is 0 Å². The van der Waals surface area contributed by atoms with Crippen LogP contribution in [0.5, 0.6) is 0 Å². The van der Waals surface area contributed by atoms with Crippen molar-refractivity contribution in [2.75, 3.05) is 13.7 Å². The predicted octanol–water partition coefficient (Wildman–Crippen LogP) is 2.39. The van der Waals surface area contributed by atoms with Gasteiger partial charge in [0.25, 0.3) is 5.91 Å². The molecule has 0 atom stereocenters. The summed E-state index contributed by atoms with van der Waals surface area (Å²) >= 11 is 1.69. The average Bonchev–Trinajstić information content (AvgIpc) is 3.04. The van der Waals surface area contributed by atoms with Crippen molar-refractivity contribution in [3.8, 4) is 0 Å². The highest BCUT2D eigenvalue weighted by atomic mass is 32.1. The fraction of sp³-hybridized carbons (Fsp3) is 0.600. The lowest BCUT2D eigenvalue weighted by Gasteiger charge is -2.30. The number of carbonyl (C=O) groups excluding carboxylic acids is 2. The molecule has 2 aliphatic rings. The highest BCUT2D eigenvalue weighted by Crippen LogP contribution is 2.33. The smallest absolute Gasteiger partial charge is 0.323 e. The van der Waals surface area contributed by atoms with Crippen molar-refractivity contribution in [3.05, 3.63) is 22.4 Å². The maximum absolute atomic E-state index is 12.6. The molecule has 1 saturated carbocycles. The van der Waals surface area contributed by atoms with Gasteiger partial charge in [-0.25, -0.2) is 9.69 Å². The molecule has 3 rings (SSSR count). The van der Waals surface area contributed by atoms with Gasteiger partial charge >= 0.3 is 6.03 Å². The molecule has 0 aromatic carbocycles. The summed E-state index contributed by atoms with van der Waals surface area (Å²) in [5.41, 5.74) is -0.612. The molecule has 0 radical (unpaired) electrons. The van der Waals surface area contributed by atoms with Gasteiger partial charge in [-0.1, -0.05) is 25.3 Å². The van der Waals surface area contributed by atoms with Gasteiger partial charge in [0, 0.05) is 11.4 Å². The maximum atomic E-state index is 12.6. The Bertz CT molecular complexity index is 523. The molecule has 1 aromatic heterocycles. The number of thiophene rings is 1. The van der Waals surface area contributed by atoms with Gasteiger partial charge in [-0.2, -0.15) is 0 Å². The number of imide groups is 1. The second-order valence-corrected chi connectivity index (χ2v) is 7.07. The molecule has 1 spiro atoms. The van der Waals surface area contributed by atoms with Gasteiger partial charge in [0.1, 0.15) is 5.54 Å². The highest BCUT2D eigenvalue weighted by Gasteiger charge is 2.51. The van der Waals surface area contributed by atoms with Crippen molar-refractivity contribution in [1.29, 1.82) is 0 Å². The van der Waals surface area contributed by atoms with E-state index in [0.717, 1.165) is 38.6 Å². The zero-order valence-corrected chi connectivity index (χ0v) is 13.1. The standard InChI is InChI=1S/C15H21N3O2S/c1-17(10-12-6-5-9-21-12)11-18-13(19)15(16-14(18)20)7-3-2-4-8-15/h5-6,9H,2-4,7-8,10-11H2,1H3,(H,16,20). The molecule has 2 fully saturated rings. The van der Waals surface area contributed by atoms with Gasteiger partial charge in [-0.15, -0.1) is 11.3 Å². The van der Waals surface area contributed by atoms with Crippen molar-refractivity contribution in [2.45, 2.75) is 44.2 Å². The number of rotatable bonds is 4. The third-order valence-electron chi connectivity index (χ3n) is 4.34. The van der Waals surface area contributed by atoms with Crippen LogP contribution in [0.15, 0.2) is 17.5 Å². The van der Waals surface area contributed by atoms with E-state index in [4.69, 9.17) is 0 Å². The molecule has 6 heteroatoms. The molecule has 2 heterocycles. The monoisotopic (exact) mass is 307 g/mol. The van der Waals surface area contributed by atoms with Gasteiger partial charge in [-0.05, 0) is 31.3 Å². The number of hydrogen-bond acceptors (Lipinski definition) is 4. The van der Waals surface area contributed by atoms with E-state index >= 15 is 0 Å². The van der Waals surface area contributed by atoms with Crippen molar-refractivity contribution in [3.63, 3.8) is 0 Å². The summed E-state index contributed by atoms with van der Waals surface area (Å²) in [6.07, 6.45) is 4.75. The van der Waals surface area contributed by atoms with Crippen LogP contribution >= 0.6 is 11.3 Å². The number of carbonyl (C=O) groups is 2. The van der Waals surface area contributed by atoms with E-state index in [-0.39, 0.29) is 11.9 Å². The van der Waals surface area contributed by atoms with Crippen LogP contribution < -0.4 is 5.32 Å². The van der Waals surface area contributed by atoms with Crippen molar-refractivity contribution >= 4 is 23.3 Å². The van der Waals surface area contributed by atoms with Gasteiger partial charge in [0.15, 0.2) is 0 Å². The first-order valence-corrected chi connectivity index (χ1v) is 8.34. The Kier molecular flexibility index (Phi) is 3.99. The molecule has 0 bridgehead atoms. The first kappa shape index (κ1) is 14.5. The van der Waals surface area contributed by atoms with E-state index in [1.807, 2.05) is 23.4 Å². The van der Waals surface area contributed by atoms with E-state index in [9.17, 15) is 9.59 Å². The lowest BCUT2D eigenvalue weighted by Crippen LogP contribution is -2.48. The van der Waals surface area contributed by atoms with E-state index in [1.54, 1.807) is 11.3 Å². The summed E-state index contributed by atoms with van der Waals surface area (Å²) in [5, 5.41) is 4.98. The largest absolute Gasteiger partial charge is 0.326 e. The van der Waals surface area contributed by atoms with Gasteiger partial charge in [0.2, 0.25) is 0 Å². The highest BCUT2D eigenvalue weighted by molar-refractivity contribution is 7.09. The first-order valence-electron chi connectivity index (χ1n) is 7.46. The fourth-order valence-electron chi connectivity index (χ4n) is 3.26. The van der Waals surface area contributed by atoms with Crippen LogP contribution in [0.2, 0.25) is 0 Å². The SMILES string of the molecule is CN(Cc1cccs1)CN1C(=O)NC2(CCCCC2)C1=O. The summed E-state index contributed by atoms with van der Waals surface area (Å²) in [4.78, 5) is 29.4. The van der Waals surface area contributed by atoms with E-state index in [0.29, 0.717) is 6.67 Å². The van der Waals surface area contributed by atoms with E-state index in [2.05, 4.69) is 11.4 Å². The van der Waals surface area contributed by atoms with Crippen molar-refractivity contribution in [2.24, 2.45) is 0 Å². The minimum atomic E-state index is -0.612. The maximum Gasteiger partial charge on any atom is 0.326 e. The third kappa shape index (κ3) is 2.82. The Hall–Kier alpha value is -1.40. The molecule has 1 saturated heterocycles. The molecule has 1 aliphatic carbocycles. The lowest BCUT2D eigenvalue weighted by atomic mass is 9.82. The van der Waals surface area contributed by atoms with Crippen molar-refractivity contribution < 1.29 is 9.59 Å². The quantitative estimate of drug-likeness (QED) is 0.869. The molecule has 1 aromatic rings. The molecular weight excluding hydrogens is 286 g/mol. The molecule has 114 valence electrons. The predicted molar refractivity (Wildman–Crippen MR) is 81.8 cm³/mol. The summed E-state index contributed by atoms with van der Waals surface area (Å²) in [6, 6.07) is 3.84. The Morgan fingerprint density at radius 1 is 1.33 bits per heavy atom. The van der Waals surface area contributed by atoms with Crippen LogP contribution in [0, 0.1) is 0 Å². The molecule has 1 N–H and O–H groups in total. The summed E-state index contributed by atoms with van der Waals surface area (Å²) in [5.74, 6) is -0.0368. The van der Waals surface area contributed by atoms with Crippen LogP contribution in [0.3, 0.4) is 0 Å². The van der Waals surface area contributed by atoms with Gasteiger partial charge in [0.05, 0.1) is 6.67 Å². The summed E-state index contributed by atoms with van der Waals surface area (Å²) in [7, 11) is 1.94. The molecule has 5 nitrogen and oxygen atoms in total. The molecular formula is C15H21N3O2S. The Labute approximate surface area is 128 Å². The minimum Gasteiger partial charge on any atom is -0.323 e. The van der Waals surface area contributed by atoms with Gasteiger partial charge < -0.3 is 5.32 Å². The Balaban J connectivity index is 1.65. The lowest BCUT2D eigenvalue weighted by molar-refractivity contribution is -0.133. The van der Waals surface area contributed by atoms with Gasteiger partial charge in [-0.3, -0.25) is 9.69 Å². The van der Waals surface area contributed by atoms with E-state index < -0.39 is 5.54 Å². The Morgan fingerprint density at radius 3 is 2.76 bits per heavy atom. The summed E-state index contributed by atoms with van der Waals surface area (Å²) in [6.45, 7) is 1.10. The topological polar surface area (TPSA) is 52.6 Å². The molecule has 0 unspecified atom stereocenters. The first-order chi connectivity index (χ1) is 10.1. The summed E-state index contributed by atoms with van der Waals surface area (Å²) < 4.78 is 0.